The molecule has 42 valence electrons. The van der Waals surface area contributed by atoms with Crippen LogP contribution in [0.3, 0.4) is 0 Å². The summed E-state index contributed by atoms with van der Waals surface area (Å²) in [6.45, 7) is 2.07. The van der Waals surface area contributed by atoms with Crippen LogP contribution in [0.25, 0.3) is 0 Å². The van der Waals surface area contributed by atoms with Crippen molar-refractivity contribution in [2.24, 2.45) is 5.73 Å². The summed E-state index contributed by atoms with van der Waals surface area (Å²) in [6.07, 6.45) is 1.11. The normalized spacial score (nSPS) is 10.4. The van der Waals surface area contributed by atoms with Gasteiger partial charge in [-0.3, -0.25) is 4.79 Å². The van der Waals surface area contributed by atoms with Crippen LogP contribution >= 0.6 is 0 Å². The number of primary amides is 1. The van der Waals surface area contributed by atoms with Gasteiger partial charge >= 0.3 is 0 Å². The third-order valence-corrected chi connectivity index (χ3v) is 2.33. The average Bonchev–Trinajstić information content (AvgIpc) is 1.61. The molecule has 0 aliphatic heterocycles. The largest absolute Gasteiger partial charge is 0.375 e. The summed E-state index contributed by atoms with van der Waals surface area (Å²) in [5.41, 5.74) is 4.85. The fourth-order valence-corrected chi connectivity index (χ4v) is 1.05. The zero-order valence-electron chi connectivity index (χ0n) is 4.61. The zero-order valence-corrected chi connectivity index (χ0v) is 6.02. The summed E-state index contributed by atoms with van der Waals surface area (Å²) < 4.78 is 0. The maximum Gasteiger partial charge on any atom is 0.182 e. The van der Waals surface area contributed by atoms with Crippen LogP contribution in [0.5, 0.6) is 0 Å². The molecule has 0 aromatic heterocycles. The Hall–Kier alpha value is -0.313. The lowest BCUT2D eigenvalue weighted by molar-refractivity contribution is 0.265. The van der Waals surface area contributed by atoms with E-state index < -0.39 is 9.52 Å². The molecule has 0 rings (SSSR count). The number of hydrogen-bond acceptors (Lipinski definition) is 1. The Morgan fingerprint density at radius 3 is 2.57 bits per heavy atom. The van der Waals surface area contributed by atoms with Gasteiger partial charge in [-0.05, 0) is 0 Å². The molecule has 0 heterocycles. The smallest absolute Gasteiger partial charge is 0.182 e. The standard InChI is InChI=1S/C4H11NOSi/c1-2-3-7-4(5)6/h2-3,7H2,1H3,(H2,5,6). The Morgan fingerprint density at radius 1 is 1.86 bits per heavy atom. The number of nitrogens with two attached hydrogens (primary N) is 1. The third kappa shape index (κ3) is 5.69. The highest BCUT2D eigenvalue weighted by Crippen LogP contribution is 1.82. The molecule has 2 N–H and O–H groups in total. The highest BCUT2D eigenvalue weighted by atomic mass is 28.2. The summed E-state index contributed by atoms with van der Waals surface area (Å²) >= 11 is 0. The highest BCUT2D eigenvalue weighted by molar-refractivity contribution is 6.73. The van der Waals surface area contributed by atoms with Crippen molar-refractivity contribution in [2.75, 3.05) is 0 Å². The number of amides is 1. The first-order valence-corrected chi connectivity index (χ1v) is 4.26. The highest BCUT2D eigenvalue weighted by Gasteiger charge is 1.89. The number of carbonyl (C=O) groups is 1. The molecule has 0 spiro atoms. The Labute approximate surface area is 45.9 Å². The number of carbonyl (C=O) groups excluding carboxylic acids is 1. The molecule has 0 radical (unpaired) electrons. The Kier molecular flexibility index (Phi) is 3.69. The summed E-state index contributed by atoms with van der Waals surface area (Å²) in [7, 11) is -0.515. The summed E-state index contributed by atoms with van der Waals surface area (Å²) in [6, 6.07) is 1.06. The predicted molar refractivity (Wildman–Crippen MR) is 33.2 cm³/mol. The maximum absolute atomic E-state index is 10.0. The van der Waals surface area contributed by atoms with Crippen LogP contribution in [-0.2, 0) is 0 Å². The summed E-state index contributed by atoms with van der Waals surface area (Å²) in [5, 5.41) is 0. The zero-order chi connectivity index (χ0) is 5.70. The second kappa shape index (κ2) is 3.86. The van der Waals surface area contributed by atoms with Crippen LogP contribution < -0.4 is 5.73 Å². The minimum absolute atomic E-state index is 0.0538. The molecule has 0 saturated heterocycles. The van der Waals surface area contributed by atoms with Gasteiger partial charge in [0.25, 0.3) is 0 Å². The van der Waals surface area contributed by atoms with Crippen LogP contribution in [0.1, 0.15) is 13.3 Å². The van der Waals surface area contributed by atoms with Crippen LogP contribution in [-0.4, -0.2) is 15.1 Å². The van der Waals surface area contributed by atoms with Crippen molar-refractivity contribution < 1.29 is 4.79 Å². The monoisotopic (exact) mass is 117 g/mol. The van der Waals surface area contributed by atoms with Gasteiger partial charge < -0.3 is 5.73 Å². The van der Waals surface area contributed by atoms with Crippen molar-refractivity contribution in [3.05, 3.63) is 0 Å². The summed E-state index contributed by atoms with van der Waals surface area (Å²) in [5.74, 6) is 0. The van der Waals surface area contributed by atoms with Crippen LogP contribution in [0.4, 0.5) is 4.79 Å². The van der Waals surface area contributed by atoms with Gasteiger partial charge in [-0.25, -0.2) is 0 Å². The average molecular weight is 117 g/mol. The van der Waals surface area contributed by atoms with Crippen molar-refractivity contribution in [1.29, 1.82) is 0 Å². The molecule has 0 unspecified atom stereocenters. The van der Waals surface area contributed by atoms with E-state index in [1.54, 1.807) is 0 Å². The number of hydrogen-bond donors (Lipinski definition) is 1. The molecule has 7 heavy (non-hydrogen) atoms. The van der Waals surface area contributed by atoms with E-state index in [-0.39, 0.29) is 5.53 Å². The molecule has 0 aromatic carbocycles. The first-order valence-electron chi connectivity index (χ1n) is 2.55. The first kappa shape index (κ1) is 6.69. The molecule has 0 aromatic rings. The molecule has 0 aliphatic carbocycles. The lowest BCUT2D eigenvalue weighted by Gasteiger charge is -1.85. The van der Waals surface area contributed by atoms with Crippen molar-refractivity contribution >= 4 is 15.1 Å². The van der Waals surface area contributed by atoms with Crippen LogP contribution in [0, 0.1) is 0 Å². The molecular formula is C4H11NOSi. The SMILES string of the molecule is CCC[SiH2]C(N)=O. The van der Waals surface area contributed by atoms with E-state index >= 15 is 0 Å². The Bertz CT molecular complexity index is 64.7. The van der Waals surface area contributed by atoms with E-state index in [2.05, 4.69) is 6.92 Å². The molecule has 1 amide bonds. The van der Waals surface area contributed by atoms with Crippen LogP contribution in [0.2, 0.25) is 6.04 Å². The molecule has 0 aliphatic rings. The second-order valence-corrected chi connectivity index (χ2v) is 3.47. The molecule has 3 heteroatoms. The van der Waals surface area contributed by atoms with Gasteiger partial charge in [0.05, 0.1) is 0 Å². The molecule has 0 bridgehead atoms. The van der Waals surface area contributed by atoms with Gasteiger partial charge in [-0.1, -0.05) is 19.4 Å². The van der Waals surface area contributed by atoms with E-state index in [1.807, 2.05) is 0 Å². The van der Waals surface area contributed by atoms with Gasteiger partial charge in [0.1, 0.15) is 9.52 Å². The van der Waals surface area contributed by atoms with E-state index in [0.717, 1.165) is 12.5 Å². The minimum Gasteiger partial charge on any atom is -0.375 e. The van der Waals surface area contributed by atoms with Crippen molar-refractivity contribution in [2.45, 2.75) is 19.4 Å². The maximum atomic E-state index is 10.0. The lowest BCUT2D eigenvalue weighted by atomic mass is 10.6. The lowest BCUT2D eigenvalue weighted by Crippen LogP contribution is -2.16. The van der Waals surface area contributed by atoms with E-state index in [1.165, 1.54) is 0 Å². The molecule has 0 saturated carbocycles. The molecule has 0 fully saturated rings. The van der Waals surface area contributed by atoms with Gasteiger partial charge in [0.15, 0.2) is 5.53 Å². The van der Waals surface area contributed by atoms with Crippen molar-refractivity contribution in [3.63, 3.8) is 0 Å². The minimum atomic E-state index is -0.515. The molecular weight excluding hydrogens is 106 g/mol. The molecule has 2 nitrogen and oxygen atoms in total. The van der Waals surface area contributed by atoms with Gasteiger partial charge in [0, 0.05) is 0 Å². The van der Waals surface area contributed by atoms with E-state index in [4.69, 9.17) is 5.73 Å². The fourth-order valence-electron chi connectivity index (χ4n) is 0.351. The predicted octanol–water partition coefficient (Wildman–Crippen LogP) is 0.0622. The van der Waals surface area contributed by atoms with Gasteiger partial charge in [-0.2, -0.15) is 0 Å². The second-order valence-electron chi connectivity index (χ2n) is 1.57. The van der Waals surface area contributed by atoms with Gasteiger partial charge in [0.2, 0.25) is 0 Å². The first-order chi connectivity index (χ1) is 3.27. The quantitative estimate of drug-likeness (QED) is 0.522. The Balaban J connectivity index is 2.82. The van der Waals surface area contributed by atoms with Crippen molar-refractivity contribution in [1.82, 2.24) is 0 Å². The topological polar surface area (TPSA) is 43.1 Å². The number of rotatable bonds is 3. The fraction of sp³-hybridized carbons (Fsp3) is 0.750. The molecule has 0 atom stereocenters. The van der Waals surface area contributed by atoms with Gasteiger partial charge in [-0.15, -0.1) is 0 Å². The van der Waals surface area contributed by atoms with Crippen molar-refractivity contribution in [3.8, 4) is 0 Å². The van der Waals surface area contributed by atoms with Crippen LogP contribution in [0.15, 0.2) is 0 Å². The Morgan fingerprint density at radius 2 is 2.43 bits per heavy atom. The summed E-state index contributed by atoms with van der Waals surface area (Å²) in [4.78, 5) is 10.0. The van der Waals surface area contributed by atoms with E-state index in [0.29, 0.717) is 0 Å². The third-order valence-electron chi connectivity index (χ3n) is 0.777. The van der Waals surface area contributed by atoms with E-state index in [9.17, 15) is 4.79 Å².